The van der Waals surface area contributed by atoms with Crippen LogP contribution in [0.4, 0.5) is 0 Å². The number of benzene rings is 1. The van der Waals surface area contributed by atoms with Gasteiger partial charge in [-0.15, -0.1) is 0 Å². The van der Waals surface area contributed by atoms with E-state index in [1.54, 1.807) is 0 Å². The van der Waals surface area contributed by atoms with Crippen molar-refractivity contribution < 1.29 is 9.31 Å². The van der Waals surface area contributed by atoms with Gasteiger partial charge in [-0.3, -0.25) is 14.4 Å². The van der Waals surface area contributed by atoms with Crippen molar-refractivity contribution in [2.45, 2.75) is 51.4 Å². The topological polar surface area (TPSA) is 18.7 Å². The monoisotopic (exact) mass is 454 g/mol. The van der Waals surface area contributed by atoms with Crippen LogP contribution in [-0.4, -0.2) is 73.6 Å². The molecule has 0 spiro atoms. The molecule has 0 atom stereocenters. The first-order valence-corrected chi connectivity index (χ1v) is 11.9. The zero-order valence-corrected chi connectivity index (χ0v) is 20.1. The summed E-state index contributed by atoms with van der Waals surface area (Å²) in [5, 5.41) is 1.12. The molecule has 0 N–H and O–H groups in total. The summed E-state index contributed by atoms with van der Waals surface area (Å²) in [6.07, 6.45) is 10.0. The van der Waals surface area contributed by atoms with Gasteiger partial charge in [0.2, 0.25) is 0 Å². The second-order valence-electron chi connectivity index (χ2n) is 7.75. The number of nitrogens with zero attached hydrogens (tertiary/aromatic N) is 3. The molecule has 0 radical (unpaired) electrons. The second-order valence-corrected chi connectivity index (χ2v) is 8.55. The fourth-order valence-electron chi connectivity index (χ4n) is 3.49. The fourth-order valence-corrected chi connectivity index (χ4v) is 3.89. The van der Waals surface area contributed by atoms with Crippen molar-refractivity contribution >= 4 is 21.9 Å². The zero-order chi connectivity index (χ0) is 20.6. The maximum Gasteiger partial charge on any atom is 0.349 e. The summed E-state index contributed by atoms with van der Waals surface area (Å²) in [6, 6.07) is 10.1. The lowest BCUT2D eigenvalue weighted by Crippen LogP contribution is -2.46. The summed E-state index contributed by atoms with van der Waals surface area (Å²) in [4.78, 5) is 4.81. The molecule has 1 aromatic rings. The maximum atomic E-state index is 5.79. The third-order valence-corrected chi connectivity index (χ3v) is 5.29. The number of alkyl halides is 1. The van der Waals surface area contributed by atoms with Crippen LogP contribution in [0.2, 0.25) is 0 Å². The van der Waals surface area contributed by atoms with Gasteiger partial charge in [0.05, 0.1) is 47.9 Å². The van der Waals surface area contributed by atoms with Crippen LogP contribution in [0.5, 0.6) is 5.75 Å². The van der Waals surface area contributed by atoms with E-state index in [4.69, 9.17) is 4.74 Å². The molecule has 0 saturated carbocycles. The van der Waals surface area contributed by atoms with Crippen molar-refractivity contribution in [2.75, 3.05) is 53.2 Å². The Morgan fingerprint density at radius 2 is 1.43 bits per heavy atom. The van der Waals surface area contributed by atoms with Gasteiger partial charge in [0.15, 0.2) is 0 Å². The van der Waals surface area contributed by atoms with E-state index in [1.807, 2.05) is 30.3 Å². The molecular weight excluding hydrogens is 414 g/mol. The van der Waals surface area contributed by atoms with Gasteiger partial charge in [0.1, 0.15) is 5.75 Å². The smallest absolute Gasteiger partial charge is 0.349 e. The summed E-state index contributed by atoms with van der Waals surface area (Å²) < 4.78 is 8.03. The van der Waals surface area contributed by atoms with E-state index in [1.165, 1.54) is 50.9 Å². The number of unbranched alkanes of at least 4 members (excludes halogenated alkanes) is 6. The molecule has 4 nitrogen and oxygen atoms in total. The Morgan fingerprint density at radius 3 is 1.96 bits per heavy atom. The van der Waals surface area contributed by atoms with Crippen LogP contribution < -0.4 is 4.74 Å². The van der Waals surface area contributed by atoms with Gasteiger partial charge < -0.3 is 4.74 Å². The number of para-hydroxylation sites is 1. The van der Waals surface area contributed by atoms with Crippen molar-refractivity contribution in [3.63, 3.8) is 0 Å². The number of rotatable bonds is 14. The minimum atomic E-state index is 0.814. The Kier molecular flexibility index (Phi) is 13.9. The van der Waals surface area contributed by atoms with Gasteiger partial charge in [-0.1, -0.05) is 53.4 Å². The molecule has 0 aliphatic heterocycles. The van der Waals surface area contributed by atoms with E-state index in [0.717, 1.165) is 37.2 Å². The van der Waals surface area contributed by atoms with Gasteiger partial charge in [-0.05, 0) is 44.2 Å². The van der Waals surface area contributed by atoms with Gasteiger partial charge in [0, 0.05) is 5.33 Å². The first-order chi connectivity index (χ1) is 13.6. The molecule has 0 saturated heterocycles. The summed E-state index contributed by atoms with van der Waals surface area (Å²) >= 11 is 3.53. The molecule has 0 aliphatic rings. The van der Waals surface area contributed by atoms with E-state index in [2.05, 4.69) is 58.5 Å². The molecule has 0 aromatic heterocycles. The van der Waals surface area contributed by atoms with Crippen LogP contribution >= 0.6 is 15.9 Å². The molecule has 1 aromatic carbocycles. The van der Waals surface area contributed by atoms with Crippen molar-refractivity contribution in [3.8, 4) is 5.75 Å². The molecule has 0 bridgehead atoms. The van der Waals surface area contributed by atoms with Gasteiger partial charge in [-0.25, -0.2) is 0 Å². The Balaban J connectivity index is 2.32. The molecule has 160 valence electrons. The third kappa shape index (κ3) is 10.9. The fraction of sp³-hybridized carbons (Fsp3) is 0.696. The lowest BCUT2D eigenvalue weighted by molar-refractivity contribution is -0.476. The summed E-state index contributed by atoms with van der Waals surface area (Å²) in [7, 11) is 8.59. The highest BCUT2D eigenvalue weighted by atomic mass is 79.9. The predicted octanol–water partition coefficient (Wildman–Crippen LogP) is 5.07. The van der Waals surface area contributed by atoms with Crippen LogP contribution in [0.25, 0.3) is 0 Å². The average Bonchev–Trinajstić information content (AvgIpc) is 2.67. The first kappa shape index (κ1) is 24.8. The lowest BCUT2D eigenvalue weighted by atomic mass is 10.1. The molecule has 0 amide bonds. The van der Waals surface area contributed by atoms with E-state index in [9.17, 15) is 0 Å². The maximum absolute atomic E-state index is 5.79. The molecule has 0 aliphatic carbocycles. The van der Waals surface area contributed by atoms with Crippen LogP contribution in [0.15, 0.2) is 30.3 Å². The van der Waals surface area contributed by atoms with Crippen LogP contribution in [0.1, 0.15) is 51.4 Å². The largest absolute Gasteiger partial charge is 0.494 e. The van der Waals surface area contributed by atoms with Crippen LogP contribution in [0, 0.1) is 0 Å². The molecule has 0 fully saturated rings. The average molecular weight is 456 g/mol. The van der Waals surface area contributed by atoms with Crippen molar-refractivity contribution in [2.24, 2.45) is 0 Å². The van der Waals surface area contributed by atoms with E-state index >= 15 is 0 Å². The summed E-state index contributed by atoms with van der Waals surface area (Å²) in [5.41, 5.74) is 0. The van der Waals surface area contributed by atoms with Crippen molar-refractivity contribution in [1.29, 1.82) is 0 Å². The Hall–Kier alpha value is -1.23. The standard InChI is InChI=1S/C23H41BrN3O/c1-25(2)23(26(3)4)27(19-13-6-5-12-18-24)20-14-7-8-15-21-28-22-16-10-9-11-17-22/h9-11,16-17H,5-8,12-15,18-21H2,1-4H3/q+1. The predicted molar refractivity (Wildman–Crippen MR) is 125 cm³/mol. The Labute approximate surface area is 181 Å². The van der Waals surface area contributed by atoms with Crippen molar-refractivity contribution in [1.82, 2.24) is 9.80 Å². The second kappa shape index (κ2) is 15.7. The summed E-state index contributed by atoms with van der Waals surface area (Å²) in [6.45, 7) is 3.09. The van der Waals surface area contributed by atoms with E-state index in [-0.39, 0.29) is 0 Å². The van der Waals surface area contributed by atoms with Crippen LogP contribution in [-0.2, 0) is 0 Å². The van der Waals surface area contributed by atoms with Gasteiger partial charge in [-0.2, -0.15) is 0 Å². The van der Waals surface area contributed by atoms with Crippen LogP contribution in [0.3, 0.4) is 0 Å². The zero-order valence-electron chi connectivity index (χ0n) is 18.5. The number of guanidine groups is 1. The quantitative estimate of drug-likeness (QED) is 0.128. The molecule has 5 heteroatoms. The number of ether oxygens (including phenoxy) is 1. The van der Waals surface area contributed by atoms with E-state index < -0.39 is 0 Å². The Bertz CT molecular complexity index is 530. The number of halogens is 1. The molecular formula is C23H41BrN3O+. The molecule has 0 unspecified atom stereocenters. The number of hydrogen-bond donors (Lipinski definition) is 0. The van der Waals surface area contributed by atoms with Gasteiger partial charge in [0.25, 0.3) is 0 Å². The highest BCUT2D eigenvalue weighted by Gasteiger charge is 2.21. The van der Waals surface area contributed by atoms with E-state index in [0.29, 0.717) is 0 Å². The number of hydrogen-bond acceptors (Lipinski definition) is 1. The SMILES string of the molecule is CN(C)C(N(CCCCCCBr)CCCCCCOc1ccccc1)=[N+](C)C. The lowest BCUT2D eigenvalue weighted by Gasteiger charge is -2.25. The molecule has 1 rings (SSSR count). The Morgan fingerprint density at radius 1 is 0.857 bits per heavy atom. The normalized spacial score (nSPS) is 10.6. The molecule has 28 heavy (non-hydrogen) atoms. The highest BCUT2D eigenvalue weighted by molar-refractivity contribution is 9.09. The third-order valence-electron chi connectivity index (χ3n) is 4.73. The minimum Gasteiger partial charge on any atom is -0.494 e. The highest BCUT2D eigenvalue weighted by Crippen LogP contribution is 2.11. The summed E-state index contributed by atoms with van der Waals surface area (Å²) in [5.74, 6) is 2.29. The molecule has 0 heterocycles. The first-order valence-electron chi connectivity index (χ1n) is 10.8. The van der Waals surface area contributed by atoms with Crippen molar-refractivity contribution in [3.05, 3.63) is 30.3 Å². The van der Waals surface area contributed by atoms with Gasteiger partial charge >= 0.3 is 5.96 Å². The minimum absolute atomic E-state index is 0.814.